The van der Waals surface area contributed by atoms with E-state index in [1.54, 1.807) is 25.3 Å². The number of rotatable bonds is 8. The lowest BCUT2D eigenvalue weighted by Gasteiger charge is -2.13. The van der Waals surface area contributed by atoms with Gasteiger partial charge in [0.05, 0.1) is 14.2 Å². The molecule has 0 saturated heterocycles. The Kier molecular flexibility index (Phi) is 7.24. The number of para-hydroxylation sites is 1. The second-order valence-electron chi connectivity index (χ2n) is 5.28. The molecule has 0 spiro atoms. The van der Waals surface area contributed by atoms with Gasteiger partial charge in [0, 0.05) is 18.2 Å². The highest BCUT2D eigenvalue weighted by atomic mass is 16.5. The zero-order chi connectivity index (χ0) is 18.8. The number of amides is 1. The average Bonchev–Trinajstić information content (AvgIpc) is 2.69. The Labute approximate surface area is 152 Å². The first kappa shape index (κ1) is 19.1. The van der Waals surface area contributed by atoms with Gasteiger partial charge in [-0.3, -0.25) is 4.79 Å². The maximum atomic E-state index is 11.9. The van der Waals surface area contributed by atoms with Crippen LogP contribution in [0.4, 0.5) is 0 Å². The van der Waals surface area contributed by atoms with Crippen molar-refractivity contribution >= 4 is 18.0 Å². The van der Waals surface area contributed by atoms with E-state index in [1.165, 1.54) is 13.2 Å². The molecule has 0 aromatic heterocycles. The van der Waals surface area contributed by atoms with Crippen molar-refractivity contribution in [2.45, 2.75) is 6.54 Å². The van der Waals surface area contributed by atoms with E-state index in [-0.39, 0.29) is 13.2 Å². The number of carbonyl (C=O) groups is 2. The second-order valence-corrected chi connectivity index (χ2v) is 5.28. The number of hydrogen-bond acceptors (Lipinski definition) is 5. The third-order valence-electron chi connectivity index (χ3n) is 3.52. The van der Waals surface area contributed by atoms with Gasteiger partial charge >= 0.3 is 5.97 Å². The van der Waals surface area contributed by atoms with Crippen LogP contribution in [0.5, 0.6) is 11.5 Å². The summed E-state index contributed by atoms with van der Waals surface area (Å²) in [5.41, 5.74) is 1.63. The van der Waals surface area contributed by atoms with Crippen LogP contribution < -0.4 is 14.8 Å². The highest BCUT2D eigenvalue weighted by molar-refractivity contribution is 5.89. The van der Waals surface area contributed by atoms with E-state index in [0.717, 1.165) is 11.1 Å². The molecule has 0 atom stereocenters. The van der Waals surface area contributed by atoms with Gasteiger partial charge in [0.2, 0.25) is 0 Å². The van der Waals surface area contributed by atoms with Crippen molar-refractivity contribution in [1.29, 1.82) is 0 Å². The summed E-state index contributed by atoms with van der Waals surface area (Å²) in [6, 6.07) is 14.7. The quantitative estimate of drug-likeness (QED) is 0.582. The minimum Gasteiger partial charge on any atom is -0.493 e. The third-order valence-corrected chi connectivity index (χ3v) is 3.52. The molecule has 0 aliphatic rings. The van der Waals surface area contributed by atoms with Crippen LogP contribution in [0, 0.1) is 0 Å². The first-order chi connectivity index (χ1) is 12.6. The Hall–Kier alpha value is -3.28. The topological polar surface area (TPSA) is 73.9 Å². The predicted octanol–water partition coefficient (Wildman–Crippen LogP) is 2.58. The Morgan fingerprint density at radius 3 is 2.46 bits per heavy atom. The second kappa shape index (κ2) is 9.88. The molecule has 0 heterocycles. The molecule has 26 heavy (non-hydrogen) atoms. The number of carbonyl (C=O) groups excluding carboxylic acids is 2. The largest absolute Gasteiger partial charge is 0.493 e. The van der Waals surface area contributed by atoms with Gasteiger partial charge in [-0.25, -0.2) is 4.79 Å². The molecule has 0 bridgehead atoms. The molecular weight excluding hydrogens is 334 g/mol. The number of esters is 1. The standard InChI is InChI=1S/C20H21NO5/c1-24-17-10-6-9-16(20(17)25-2)13-21-18(22)14-26-19(23)12-11-15-7-4-3-5-8-15/h3-12H,13-14H2,1-2H3,(H,21,22). The smallest absolute Gasteiger partial charge is 0.331 e. The van der Waals surface area contributed by atoms with Gasteiger partial charge in [-0.05, 0) is 17.7 Å². The predicted molar refractivity (Wildman–Crippen MR) is 97.8 cm³/mol. The summed E-state index contributed by atoms with van der Waals surface area (Å²) in [4.78, 5) is 23.5. The summed E-state index contributed by atoms with van der Waals surface area (Å²) in [7, 11) is 3.08. The molecule has 2 aromatic rings. The molecule has 0 radical (unpaired) electrons. The molecule has 0 fully saturated rings. The summed E-state index contributed by atoms with van der Waals surface area (Å²) < 4.78 is 15.4. The average molecular weight is 355 g/mol. The lowest BCUT2D eigenvalue weighted by Crippen LogP contribution is -2.28. The Morgan fingerprint density at radius 1 is 1.00 bits per heavy atom. The van der Waals surface area contributed by atoms with Gasteiger partial charge < -0.3 is 19.5 Å². The third kappa shape index (κ3) is 5.66. The molecule has 6 heteroatoms. The molecule has 1 N–H and O–H groups in total. The van der Waals surface area contributed by atoms with Crippen LogP contribution in [0.25, 0.3) is 6.08 Å². The Morgan fingerprint density at radius 2 is 1.77 bits per heavy atom. The lowest BCUT2D eigenvalue weighted by molar-refractivity contribution is -0.143. The van der Waals surface area contributed by atoms with E-state index >= 15 is 0 Å². The maximum absolute atomic E-state index is 11.9. The Balaban J connectivity index is 1.81. The Bertz CT molecular complexity index is 771. The minimum absolute atomic E-state index is 0.233. The summed E-state index contributed by atoms with van der Waals surface area (Å²) in [5.74, 6) is 0.147. The SMILES string of the molecule is COc1cccc(CNC(=O)COC(=O)C=Cc2ccccc2)c1OC. The van der Waals surface area contributed by atoms with Crippen molar-refractivity contribution in [3.63, 3.8) is 0 Å². The molecule has 2 aromatic carbocycles. The van der Waals surface area contributed by atoms with E-state index in [1.807, 2.05) is 36.4 Å². The lowest BCUT2D eigenvalue weighted by atomic mass is 10.2. The van der Waals surface area contributed by atoms with Gasteiger partial charge in [-0.15, -0.1) is 0 Å². The normalized spacial score (nSPS) is 10.4. The van der Waals surface area contributed by atoms with Crippen LogP contribution in [0.3, 0.4) is 0 Å². The number of methoxy groups -OCH3 is 2. The van der Waals surface area contributed by atoms with Crippen molar-refractivity contribution < 1.29 is 23.8 Å². The zero-order valence-electron chi connectivity index (χ0n) is 14.7. The van der Waals surface area contributed by atoms with E-state index in [9.17, 15) is 9.59 Å². The number of ether oxygens (including phenoxy) is 3. The van der Waals surface area contributed by atoms with Crippen LogP contribution in [0.1, 0.15) is 11.1 Å². The van der Waals surface area contributed by atoms with E-state index in [2.05, 4.69) is 5.32 Å². The molecule has 0 unspecified atom stereocenters. The minimum atomic E-state index is -0.581. The van der Waals surface area contributed by atoms with Crippen molar-refractivity contribution in [3.05, 3.63) is 65.7 Å². The summed E-state index contributed by atoms with van der Waals surface area (Å²) in [6.45, 7) is -0.124. The molecular formula is C20H21NO5. The molecule has 0 aliphatic heterocycles. The number of nitrogens with one attached hydrogen (secondary N) is 1. The summed E-state index contributed by atoms with van der Waals surface area (Å²) >= 11 is 0. The maximum Gasteiger partial charge on any atom is 0.331 e. The van der Waals surface area contributed by atoms with Crippen LogP contribution in [0.2, 0.25) is 0 Å². The summed E-state index contributed by atoms with van der Waals surface area (Å²) in [5, 5.41) is 2.68. The van der Waals surface area contributed by atoms with Gasteiger partial charge in [0.15, 0.2) is 18.1 Å². The number of benzene rings is 2. The first-order valence-corrected chi connectivity index (χ1v) is 8.00. The fourth-order valence-corrected chi connectivity index (χ4v) is 2.25. The molecule has 136 valence electrons. The van der Waals surface area contributed by atoms with Gasteiger partial charge in [-0.2, -0.15) is 0 Å². The highest BCUT2D eigenvalue weighted by Crippen LogP contribution is 2.30. The number of hydrogen-bond donors (Lipinski definition) is 1. The van der Waals surface area contributed by atoms with Crippen LogP contribution >= 0.6 is 0 Å². The molecule has 0 saturated carbocycles. The fraction of sp³-hybridized carbons (Fsp3) is 0.200. The van der Waals surface area contributed by atoms with Gasteiger partial charge in [0.25, 0.3) is 5.91 Å². The molecule has 0 aliphatic carbocycles. The van der Waals surface area contributed by atoms with Crippen LogP contribution in [-0.4, -0.2) is 32.7 Å². The van der Waals surface area contributed by atoms with E-state index in [0.29, 0.717) is 11.5 Å². The van der Waals surface area contributed by atoms with Gasteiger partial charge in [0.1, 0.15) is 0 Å². The van der Waals surface area contributed by atoms with E-state index < -0.39 is 11.9 Å². The molecule has 2 rings (SSSR count). The van der Waals surface area contributed by atoms with Crippen molar-refractivity contribution in [2.24, 2.45) is 0 Å². The monoisotopic (exact) mass is 355 g/mol. The molecule has 1 amide bonds. The van der Waals surface area contributed by atoms with Crippen molar-refractivity contribution in [1.82, 2.24) is 5.32 Å². The van der Waals surface area contributed by atoms with Crippen LogP contribution in [0.15, 0.2) is 54.6 Å². The highest BCUT2D eigenvalue weighted by Gasteiger charge is 2.11. The summed E-state index contributed by atoms with van der Waals surface area (Å²) in [6.07, 6.45) is 2.91. The molecule has 6 nitrogen and oxygen atoms in total. The first-order valence-electron chi connectivity index (χ1n) is 8.00. The van der Waals surface area contributed by atoms with E-state index in [4.69, 9.17) is 14.2 Å². The van der Waals surface area contributed by atoms with Gasteiger partial charge in [-0.1, -0.05) is 42.5 Å². The van der Waals surface area contributed by atoms with Crippen molar-refractivity contribution in [3.8, 4) is 11.5 Å². The van der Waals surface area contributed by atoms with Crippen LogP contribution in [-0.2, 0) is 20.9 Å². The fourth-order valence-electron chi connectivity index (χ4n) is 2.25. The van der Waals surface area contributed by atoms with Crippen molar-refractivity contribution in [2.75, 3.05) is 20.8 Å². The zero-order valence-corrected chi connectivity index (χ0v) is 14.7.